The van der Waals surface area contributed by atoms with E-state index in [1.165, 1.54) is 12.1 Å². The quantitative estimate of drug-likeness (QED) is 0.526. The Morgan fingerprint density at radius 2 is 2.11 bits per heavy atom. The molecule has 1 N–H and O–H groups in total. The number of carboxylic acid groups (broad SMARTS) is 1. The molecule has 0 radical (unpaired) electrons. The van der Waals surface area contributed by atoms with Gasteiger partial charge in [-0.15, -0.1) is 0 Å². The Labute approximate surface area is 212 Å². The van der Waals surface area contributed by atoms with Crippen molar-refractivity contribution in [2.24, 2.45) is 5.92 Å². The predicted molar refractivity (Wildman–Crippen MR) is 128 cm³/mol. The van der Waals surface area contributed by atoms with Gasteiger partial charge in [-0.05, 0) is 67.8 Å². The number of fused-ring (bicyclic) bond motifs is 1. The van der Waals surface area contributed by atoms with Crippen LogP contribution in [0.25, 0.3) is 6.08 Å². The van der Waals surface area contributed by atoms with Crippen LogP contribution in [-0.4, -0.2) is 54.5 Å². The van der Waals surface area contributed by atoms with Crippen molar-refractivity contribution in [2.75, 3.05) is 26.2 Å². The second kappa shape index (κ2) is 11.1. The number of carboxylic acids is 1. The molecule has 2 aliphatic heterocycles. The van der Waals surface area contributed by atoms with Crippen LogP contribution in [0.4, 0.5) is 13.2 Å². The Kier molecular flexibility index (Phi) is 7.93. The SMILES string of the molecule is C[C@H](Oc1ccc(COc2ccc3c(c2)OCC(CN2CCC[C@@H](C(=O)O)C2)=C3)cc1C#N)C(F)(F)F. The zero-order chi connectivity index (χ0) is 26.6. The number of carbonyl (C=O) groups is 1. The van der Waals surface area contributed by atoms with Crippen molar-refractivity contribution >= 4 is 12.0 Å². The number of aliphatic carboxylic acids is 1. The molecule has 4 rings (SSSR count). The highest BCUT2D eigenvalue weighted by molar-refractivity contribution is 5.70. The highest BCUT2D eigenvalue weighted by Gasteiger charge is 2.38. The van der Waals surface area contributed by atoms with Gasteiger partial charge in [-0.2, -0.15) is 18.4 Å². The Bertz CT molecular complexity index is 1220. The van der Waals surface area contributed by atoms with Gasteiger partial charge in [0, 0.05) is 24.7 Å². The number of hydrogen-bond acceptors (Lipinski definition) is 6. The lowest BCUT2D eigenvalue weighted by molar-refractivity contribution is -0.189. The second-order valence-electron chi connectivity index (χ2n) is 9.24. The molecule has 1 fully saturated rings. The minimum absolute atomic E-state index is 0.00739. The van der Waals surface area contributed by atoms with E-state index in [9.17, 15) is 28.3 Å². The lowest BCUT2D eigenvalue weighted by atomic mass is 9.97. The van der Waals surface area contributed by atoms with Crippen molar-refractivity contribution in [1.29, 1.82) is 5.26 Å². The first kappa shape index (κ1) is 26.4. The van der Waals surface area contributed by atoms with Gasteiger partial charge in [-0.1, -0.05) is 6.07 Å². The molecule has 0 aromatic heterocycles. The molecule has 1 saturated heterocycles. The van der Waals surface area contributed by atoms with Gasteiger partial charge in [0.15, 0.2) is 6.10 Å². The average molecular weight is 517 g/mol. The van der Waals surface area contributed by atoms with E-state index in [0.29, 0.717) is 43.2 Å². The van der Waals surface area contributed by atoms with Crippen molar-refractivity contribution in [3.8, 4) is 23.3 Å². The normalized spacial score (nSPS) is 18.6. The summed E-state index contributed by atoms with van der Waals surface area (Å²) >= 11 is 0. The standard InChI is InChI=1S/C27H27F3N2O5/c1-17(27(28,29)30)37-24-7-4-18(9-22(24)12-31)15-35-23-6-5-20-10-19(16-36-25(20)11-23)13-32-8-2-3-21(14-32)26(33)34/h4-7,9-11,17,21H,2-3,8,13-16H2,1H3,(H,33,34)/t17-,21+/m0/s1. The third kappa shape index (κ3) is 6.74. The number of likely N-dealkylation sites (tertiary alicyclic amines) is 1. The van der Waals surface area contributed by atoms with E-state index in [2.05, 4.69) is 4.90 Å². The van der Waals surface area contributed by atoms with Crippen molar-refractivity contribution in [1.82, 2.24) is 4.90 Å². The number of hydrogen-bond donors (Lipinski definition) is 1. The number of ether oxygens (including phenoxy) is 3. The van der Waals surface area contributed by atoms with E-state index in [1.54, 1.807) is 18.2 Å². The monoisotopic (exact) mass is 516 g/mol. The molecule has 2 aliphatic rings. The van der Waals surface area contributed by atoms with Gasteiger partial charge in [0.25, 0.3) is 0 Å². The number of nitriles is 1. The van der Waals surface area contributed by atoms with Crippen LogP contribution in [0.5, 0.6) is 17.2 Å². The molecule has 196 valence electrons. The maximum Gasteiger partial charge on any atom is 0.425 e. The zero-order valence-corrected chi connectivity index (χ0v) is 20.3. The summed E-state index contributed by atoms with van der Waals surface area (Å²) in [5.74, 6) is -0.0156. The van der Waals surface area contributed by atoms with Gasteiger partial charge in [0.1, 0.15) is 36.5 Å². The maximum atomic E-state index is 12.8. The summed E-state index contributed by atoms with van der Waals surface area (Å²) in [6.07, 6.45) is -2.95. The molecule has 37 heavy (non-hydrogen) atoms. The Hall–Kier alpha value is -3.71. The molecule has 7 nitrogen and oxygen atoms in total. The first-order valence-corrected chi connectivity index (χ1v) is 11.9. The Morgan fingerprint density at radius 1 is 1.30 bits per heavy atom. The number of rotatable bonds is 8. The average Bonchev–Trinajstić information content (AvgIpc) is 2.87. The van der Waals surface area contributed by atoms with E-state index in [0.717, 1.165) is 31.0 Å². The minimum Gasteiger partial charge on any atom is -0.489 e. The first-order valence-electron chi connectivity index (χ1n) is 11.9. The van der Waals surface area contributed by atoms with E-state index in [1.807, 2.05) is 18.2 Å². The summed E-state index contributed by atoms with van der Waals surface area (Å²) in [6, 6.07) is 11.6. The zero-order valence-electron chi connectivity index (χ0n) is 20.3. The fraction of sp³-hybridized carbons (Fsp3) is 0.407. The third-order valence-electron chi connectivity index (χ3n) is 6.37. The van der Waals surface area contributed by atoms with Crippen LogP contribution in [-0.2, 0) is 11.4 Å². The van der Waals surface area contributed by atoms with Crippen LogP contribution in [0.1, 0.15) is 36.5 Å². The van der Waals surface area contributed by atoms with E-state index >= 15 is 0 Å². The number of halogens is 3. The highest BCUT2D eigenvalue weighted by atomic mass is 19.4. The van der Waals surface area contributed by atoms with Gasteiger partial charge in [-0.3, -0.25) is 9.69 Å². The maximum absolute atomic E-state index is 12.8. The molecule has 0 unspecified atom stereocenters. The highest BCUT2D eigenvalue weighted by Crippen LogP contribution is 2.32. The van der Waals surface area contributed by atoms with Crippen LogP contribution in [0.2, 0.25) is 0 Å². The van der Waals surface area contributed by atoms with Crippen LogP contribution in [0, 0.1) is 17.2 Å². The number of benzene rings is 2. The third-order valence-corrected chi connectivity index (χ3v) is 6.37. The van der Waals surface area contributed by atoms with Gasteiger partial charge in [0.05, 0.1) is 11.5 Å². The molecule has 2 aromatic carbocycles. The number of nitrogens with zero attached hydrogens (tertiary/aromatic N) is 2. The molecule has 0 saturated carbocycles. The fourth-order valence-electron chi connectivity index (χ4n) is 4.34. The molecule has 2 heterocycles. The molecule has 0 amide bonds. The first-order chi connectivity index (χ1) is 17.6. The van der Waals surface area contributed by atoms with Crippen molar-refractivity contribution in [2.45, 2.75) is 38.7 Å². The topological polar surface area (TPSA) is 92.0 Å². The van der Waals surface area contributed by atoms with Gasteiger partial charge < -0.3 is 19.3 Å². The molecular weight excluding hydrogens is 489 g/mol. The van der Waals surface area contributed by atoms with Crippen LogP contribution in [0.15, 0.2) is 42.0 Å². The van der Waals surface area contributed by atoms with Gasteiger partial charge in [0.2, 0.25) is 0 Å². The predicted octanol–water partition coefficient (Wildman–Crippen LogP) is 5.04. The summed E-state index contributed by atoms with van der Waals surface area (Å²) in [5, 5.41) is 18.6. The summed E-state index contributed by atoms with van der Waals surface area (Å²) in [4.78, 5) is 13.5. The minimum atomic E-state index is -4.53. The molecule has 0 spiro atoms. The van der Waals surface area contributed by atoms with Crippen molar-refractivity contribution in [3.63, 3.8) is 0 Å². The van der Waals surface area contributed by atoms with Crippen LogP contribution in [0.3, 0.4) is 0 Å². The van der Waals surface area contributed by atoms with Gasteiger partial charge >= 0.3 is 12.1 Å². The second-order valence-corrected chi connectivity index (χ2v) is 9.24. The number of piperidine rings is 1. The summed E-state index contributed by atoms with van der Waals surface area (Å²) in [7, 11) is 0. The molecule has 2 aromatic rings. The van der Waals surface area contributed by atoms with Crippen molar-refractivity contribution < 1.29 is 37.3 Å². The van der Waals surface area contributed by atoms with Crippen LogP contribution < -0.4 is 14.2 Å². The van der Waals surface area contributed by atoms with E-state index in [-0.39, 0.29) is 23.8 Å². The molecule has 2 atom stereocenters. The largest absolute Gasteiger partial charge is 0.489 e. The smallest absolute Gasteiger partial charge is 0.425 e. The molecule has 0 aliphatic carbocycles. The van der Waals surface area contributed by atoms with E-state index < -0.39 is 18.2 Å². The summed E-state index contributed by atoms with van der Waals surface area (Å²) in [6.45, 7) is 3.44. The number of alkyl halides is 3. The van der Waals surface area contributed by atoms with E-state index in [4.69, 9.17) is 14.2 Å². The summed E-state index contributed by atoms with van der Waals surface area (Å²) < 4.78 is 55.0. The van der Waals surface area contributed by atoms with Crippen molar-refractivity contribution in [3.05, 3.63) is 58.7 Å². The molecular formula is C27H27F3N2O5. The summed E-state index contributed by atoms with van der Waals surface area (Å²) in [5.41, 5.74) is 2.56. The fourth-order valence-corrected chi connectivity index (χ4v) is 4.34. The van der Waals surface area contributed by atoms with Gasteiger partial charge in [-0.25, -0.2) is 0 Å². The lowest BCUT2D eigenvalue weighted by Crippen LogP contribution is -2.40. The lowest BCUT2D eigenvalue weighted by Gasteiger charge is -2.32. The Morgan fingerprint density at radius 3 is 2.84 bits per heavy atom. The molecule has 10 heteroatoms. The molecule has 0 bridgehead atoms. The van der Waals surface area contributed by atoms with Crippen LogP contribution >= 0.6 is 0 Å². The Balaban J connectivity index is 1.36.